The molecule has 6 heteroatoms. The Morgan fingerprint density at radius 1 is 1.36 bits per heavy atom. The topological polar surface area (TPSA) is 49.4 Å². The van der Waals surface area contributed by atoms with Crippen LogP contribution in [0.15, 0.2) is 36.2 Å². The molecule has 0 saturated heterocycles. The molecule has 0 unspecified atom stereocenters. The summed E-state index contributed by atoms with van der Waals surface area (Å²) in [5.41, 5.74) is 0.398. The van der Waals surface area contributed by atoms with E-state index < -0.39 is 5.41 Å². The van der Waals surface area contributed by atoms with Crippen molar-refractivity contribution in [1.29, 1.82) is 0 Å². The van der Waals surface area contributed by atoms with E-state index in [0.29, 0.717) is 23.0 Å². The fourth-order valence-electron chi connectivity index (χ4n) is 2.16. The van der Waals surface area contributed by atoms with E-state index in [9.17, 15) is 9.59 Å². The summed E-state index contributed by atoms with van der Waals surface area (Å²) in [6, 6.07) is 5.86. The highest BCUT2D eigenvalue weighted by Crippen LogP contribution is 2.30. The Balaban J connectivity index is 2.19. The fourth-order valence-corrected chi connectivity index (χ4v) is 3.92. The van der Waals surface area contributed by atoms with Gasteiger partial charge in [-0.05, 0) is 30.0 Å². The number of carbonyl (C=O) groups excluding carboxylic acids is 2. The molecule has 0 aromatic carbocycles. The molecule has 1 N–H and O–H groups in total. The molecule has 0 aliphatic carbocycles. The van der Waals surface area contributed by atoms with Gasteiger partial charge in [0.05, 0.1) is 16.4 Å². The van der Waals surface area contributed by atoms with Crippen molar-refractivity contribution in [2.45, 2.75) is 34.2 Å². The Hall–Kier alpha value is -1.92. The fraction of sp³-hybridized carbons (Fsp3) is 0.368. The summed E-state index contributed by atoms with van der Waals surface area (Å²) >= 11 is 2.95. The third-order valence-electron chi connectivity index (χ3n) is 3.59. The van der Waals surface area contributed by atoms with Crippen LogP contribution in [0.25, 0.3) is 0 Å². The third-order valence-corrected chi connectivity index (χ3v) is 5.60. The second kappa shape index (κ2) is 7.97. The number of hydrogen-bond acceptors (Lipinski definition) is 4. The van der Waals surface area contributed by atoms with Crippen molar-refractivity contribution >= 4 is 39.5 Å². The predicted octanol–water partition coefficient (Wildman–Crippen LogP) is 4.93. The standard InChI is InChI=1S/C19H24N2O2S2/c1-6-9-21(12-14-8-7-10-24-14)17(22)16-13(2)11-15(25-16)20-18(23)19(3,4)5/h6-8,10-11H,1,9,12H2,2-5H3,(H,20,23). The minimum absolute atomic E-state index is 0.0351. The maximum atomic E-state index is 13.0. The van der Waals surface area contributed by atoms with Gasteiger partial charge in [0, 0.05) is 16.8 Å². The van der Waals surface area contributed by atoms with Gasteiger partial charge in [0.25, 0.3) is 5.91 Å². The molecule has 0 bridgehead atoms. The molecule has 25 heavy (non-hydrogen) atoms. The number of hydrogen-bond donors (Lipinski definition) is 1. The zero-order valence-corrected chi connectivity index (χ0v) is 16.7. The second-order valence-electron chi connectivity index (χ2n) is 6.88. The Kier molecular flexibility index (Phi) is 6.19. The van der Waals surface area contributed by atoms with Gasteiger partial charge in [0.1, 0.15) is 0 Å². The number of amides is 2. The summed E-state index contributed by atoms with van der Waals surface area (Å²) < 4.78 is 0. The van der Waals surface area contributed by atoms with Gasteiger partial charge in [0.15, 0.2) is 0 Å². The van der Waals surface area contributed by atoms with E-state index >= 15 is 0 Å². The molecular formula is C19H24N2O2S2. The van der Waals surface area contributed by atoms with Gasteiger partial charge in [-0.25, -0.2) is 0 Å². The monoisotopic (exact) mass is 376 g/mol. The molecule has 2 aromatic heterocycles. The van der Waals surface area contributed by atoms with Crippen molar-refractivity contribution in [2.24, 2.45) is 5.41 Å². The Morgan fingerprint density at radius 3 is 2.64 bits per heavy atom. The van der Waals surface area contributed by atoms with Crippen LogP contribution >= 0.6 is 22.7 Å². The maximum Gasteiger partial charge on any atom is 0.264 e. The molecular weight excluding hydrogens is 352 g/mol. The van der Waals surface area contributed by atoms with Gasteiger partial charge in [0.2, 0.25) is 5.91 Å². The van der Waals surface area contributed by atoms with Gasteiger partial charge in [-0.2, -0.15) is 0 Å². The number of aryl methyl sites for hydroxylation is 1. The highest BCUT2D eigenvalue weighted by atomic mass is 32.1. The highest BCUT2D eigenvalue weighted by molar-refractivity contribution is 7.18. The first-order valence-electron chi connectivity index (χ1n) is 8.07. The zero-order valence-electron chi connectivity index (χ0n) is 15.1. The number of rotatable bonds is 6. The molecule has 2 rings (SSSR count). The minimum atomic E-state index is -0.476. The van der Waals surface area contributed by atoms with Crippen LogP contribution in [0.4, 0.5) is 5.00 Å². The molecule has 0 spiro atoms. The van der Waals surface area contributed by atoms with Crippen LogP contribution in [-0.2, 0) is 11.3 Å². The molecule has 4 nitrogen and oxygen atoms in total. The summed E-state index contributed by atoms with van der Waals surface area (Å²) in [6.07, 6.45) is 1.73. The first kappa shape index (κ1) is 19.4. The Morgan fingerprint density at radius 2 is 2.08 bits per heavy atom. The van der Waals surface area contributed by atoms with E-state index in [1.807, 2.05) is 51.3 Å². The quantitative estimate of drug-likeness (QED) is 0.727. The molecule has 0 fully saturated rings. The van der Waals surface area contributed by atoms with Crippen LogP contribution in [-0.4, -0.2) is 23.3 Å². The number of thiophene rings is 2. The number of nitrogens with one attached hydrogen (secondary N) is 1. The van der Waals surface area contributed by atoms with Crippen LogP contribution in [0.1, 0.15) is 40.9 Å². The van der Waals surface area contributed by atoms with Crippen LogP contribution < -0.4 is 5.32 Å². The lowest BCUT2D eigenvalue weighted by atomic mass is 9.96. The summed E-state index contributed by atoms with van der Waals surface area (Å²) in [5.74, 6) is -0.0960. The van der Waals surface area contributed by atoms with E-state index in [1.54, 1.807) is 22.3 Å². The number of carbonyl (C=O) groups is 2. The van der Waals surface area contributed by atoms with Crippen molar-refractivity contribution in [3.8, 4) is 0 Å². The van der Waals surface area contributed by atoms with Crippen molar-refractivity contribution in [3.63, 3.8) is 0 Å². The largest absolute Gasteiger partial charge is 0.329 e. The number of nitrogens with zero attached hydrogens (tertiary/aromatic N) is 1. The molecule has 0 atom stereocenters. The van der Waals surface area contributed by atoms with Crippen LogP contribution in [0.2, 0.25) is 0 Å². The normalized spacial score (nSPS) is 11.2. The average molecular weight is 377 g/mol. The Labute approximate surface area is 157 Å². The number of anilines is 1. The summed E-state index contributed by atoms with van der Waals surface area (Å²) in [6.45, 7) is 12.3. The van der Waals surface area contributed by atoms with Gasteiger partial charge >= 0.3 is 0 Å². The molecule has 134 valence electrons. The smallest absolute Gasteiger partial charge is 0.264 e. The molecule has 0 saturated carbocycles. The maximum absolute atomic E-state index is 13.0. The lowest BCUT2D eigenvalue weighted by Crippen LogP contribution is -2.30. The van der Waals surface area contributed by atoms with Crippen molar-refractivity contribution in [2.75, 3.05) is 11.9 Å². The second-order valence-corrected chi connectivity index (χ2v) is 8.97. The predicted molar refractivity (Wildman–Crippen MR) is 106 cm³/mol. The van der Waals surface area contributed by atoms with Crippen LogP contribution in [0, 0.1) is 12.3 Å². The average Bonchev–Trinajstić information content (AvgIpc) is 3.15. The first-order valence-corrected chi connectivity index (χ1v) is 9.76. The SMILES string of the molecule is C=CCN(Cc1cccs1)C(=O)c1sc(NC(=O)C(C)(C)C)cc1C. The van der Waals surface area contributed by atoms with Crippen molar-refractivity contribution in [3.05, 3.63) is 51.6 Å². The van der Waals surface area contributed by atoms with Crippen molar-refractivity contribution < 1.29 is 9.59 Å². The third kappa shape index (κ3) is 5.03. The lowest BCUT2D eigenvalue weighted by Gasteiger charge is -2.20. The molecule has 0 aliphatic rings. The zero-order chi connectivity index (χ0) is 18.6. The molecule has 0 aliphatic heterocycles. The van der Waals surface area contributed by atoms with E-state index in [4.69, 9.17) is 0 Å². The van der Waals surface area contributed by atoms with Gasteiger partial charge in [-0.3, -0.25) is 9.59 Å². The van der Waals surface area contributed by atoms with Crippen molar-refractivity contribution in [1.82, 2.24) is 4.90 Å². The van der Waals surface area contributed by atoms with Gasteiger partial charge in [-0.1, -0.05) is 32.9 Å². The summed E-state index contributed by atoms with van der Waals surface area (Å²) in [7, 11) is 0. The first-order chi connectivity index (χ1) is 11.7. The van der Waals surface area contributed by atoms with Crippen LogP contribution in [0.5, 0.6) is 0 Å². The lowest BCUT2D eigenvalue weighted by molar-refractivity contribution is -0.123. The van der Waals surface area contributed by atoms with E-state index in [0.717, 1.165) is 10.4 Å². The molecule has 0 radical (unpaired) electrons. The highest BCUT2D eigenvalue weighted by Gasteiger charge is 2.24. The summed E-state index contributed by atoms with van der Waals surface area (Å²) in [4.78, 5) is 28.7. The Bertz CT molecular complexity index is 755. The van der Waals surface area contributed by atoms with Crippen LogP contribution in [0.3, 0.4) is 0 Å². The molecule has 2 heterocycles. The minimum Gasteiger partial charge on any atom is -0.329 e. The van der Waals surface area contributed by atoms with Gasteiger partial charge in [-0.15, -0.1) is 29.3 Å². The summed E-state index contributed by atoms with van der Waals surface area (Å²) in [5, 5.41) is 5.61. The molecule has 2 amide bonds. The van der Waals surface area contributed by atoms with E-state index in [-0.39, 0.29) is 11.8 Å². The molecule has 2 aromatic rings. The van der Waals surface area contributed by atoms with E-state index in [1.165, 1.54) is 11.3 Å². The van der Waals surface area contributed by atoms with E-state index in [2.05, 4.69) is 11.9 Å². The van der Waals surface area contributed by atoms with Gasteiger partial charge < -0.3 is 10.2 Å².